The highest BCUT2D eigenvalue weighted by molar-refractivity contribution is 5.91. The first-order valence-corrected chi connectivity index (χ1v) is 5.13. The molecule has 6 heteroatoms. The molecule has 0 atom stereocenters. The highest BCUT2D eigenvalue weighted by Gasteiger charge is 2.06. The molecule has 0 radical (unpaired) electrons. The van der Waals surface area contributed by atoms with E-state index in [0.29, 0.717) is 18.7 Å². The van der Waals surface area contributed by atoms with Crippen molar-refractivity contribution < 1.29 is 14.7 Å². The topological polar surface area (TPSA) is 82.5 Å². The number of hydrogen-bond donors (Lipinski definition) is 2. The monoisotopic (exact) mass is 237 g/mol. The van der Waals surface area contributed by atoms with E-state index in [1.807, 2.05) is 19.0 Å². The Morgan fingerprint density at radius 1 is 1.41 bits per heavy atom. The van der Waals surface area contributed by atoms with Crippen molar-refractivity contribution in [2.24, 2.45) is 0 Å². The van der Waals surface area contributed by atoms with Crippen molar-refractivity contribution in [3.63, 3.8) is 0 Å². The maximum atomic E-state index is 11.5. The van der Waals surface area contributed by atoms with Gasteiger partial charge in [-0.2, -0.15) is 0 Å². The van der Waals surface area contributed by atoms with Crippen molar-refractivity contribution in [1.82, 2.24) is 9.88 Å². The van der Waals surface area contributed by atoms with Gasteiger partial charge >= 0.3 is 5.97 Å². The Bertz CT molecular complexity index is 401. The van der Waals surface area contributed by atoms with E-state index >= 15 is 0 Å². The summed E-state index contributed by atoms with van der Waals surface area (Å²) in [5, 5.41) is 11.3. The molecule has 0 bridgehead atoms. The number of aromatic nitrogens is 1. The Balaban J connectivity index is 2.51. The normalized spacial score (nSPS) is 10.3. The zero-order valence-corrected chi connectivity index (χ0v) is 9.80. The molecular formula is C11H15N3O3. The molecule has 0 spiro atoms. The fourth-order valence-corrected chi connectivity index (χ4v) is 1.14. The van der Waals surface area contributed by atoms with Crippen LogP contribution in [0.5, 0.6) is 0 Å². The molecule has 0 saturated carbocycles. The maximum Gasteiger partial charge on any atom is 0.354 e. The van der Waals surface area contributed by atoms with Gasteiger partial charge in [-0.15, -0.1) is 0 Å². The SMILES string of the molecule is CN(C)CCC(=O)Nc1ccc(C(=O)O)nc1. The number of hydrogen-bond acceptors (Lipinski definition) is 4. The van der Waals surface area contributed by atoms with Gasteiger partial charge in [0.1, 0.15) is 5.69 Å². The van der Waals surface area contributed by atoms with Gasteiger partial charge in [0.2, 0.25) is 5.91 Å². The van der Waals surface area contributed by atoms with Crippen LogP contribution in [0.25, 0.3) is 0 Å². The molecular weight excluding hydrogens is 222 g/mol. The minimum Gasteiger partial charge on any atom is -0.477 e. The van der Waals surface area contributed by atoms with Crippen molar-refractivity contribution in [1.29, 1.82) is 0 Å². The molecule has 92 valence electrons. The number of amides is 1. The second kappa shape index (κ2) is 5.95. The molecule has 0 saturated heterocycles. The first kappa shape index (κ1) is 13.1. The number of carbonyl (C=O) groups excluding carboxylic acids is 1. The Labute approximate surface area is 99.3 Å². The van der Waals surface area contributed by atoms with Gasteiger partial charge in [-0.05, 0) is 26.2 Å². The first-order valence-electron chi connectivity index (χ1n) is 5.13. The largest absolute Gasteiger partial charge is 0.477 e. The van der Waals surface area contributed by atoms with Gasteiger partial charge in [-0.1, -0.05) is 0 Å². The molecule has 6 nitrogen and oxygen atoms in total. The molecule has 1 aromatic heterocycles. The highest BCUT2D eigenvalue weighted by atomic mass is 16.4. The lowest BCUT2D eigenvalue weighted by molar-refractivity contribution is -0.116. The van der Waals surface area contributed by atoms with E-state index in [2.05, 4.69) is 10.3 Å². The van der Waals surface area contributed by atoms with E-state index in [-0.39, 0.29) is 11.6 Å². The van der Waals surface area contributed by atoms with Crippen LogP contribution in [0.2, 0.25) is 0 Å². The van der Waals surface area contributed by atoms with Gasteiger partial charge in [0.25, 0.3) is 0 Å². The average molecular weight is 237 g/mol. The quantitative estimate of drug-likeness (QED) is 0.786. The average Bonchev–Trinajstić information content (AvgIpc) is 2.27. The number of aromatic carboxylic acids is 1. The van der Waals surface area contributed by atoms with Crippen molar-refractivity contribution in [2.75, 3.05) is 26.0 Å². The molecule has 1 rings (SSSR count). The third-order valence-electron chi connectivity index (χ3n) is 2.05. The van der Waals surface area contributed by atoms with Crippen LogP contribution < -0.4 is 5.32 Å². The molecule has 1 amide bonds. The summed E-state index contributed by atoms with van der Waals surface area (Å²) < 4.78 is 0. The predicted molar refractivity (Wildman–Crippen MR) is 63.0 cm³/mol. The third kappa shape index (κ3) is 4.60. The Hall–Kier alpha value is -1.95. The van der Waals surface area contributed by atoms with E-state index in [0.717, 1.165) is 0 Å². The summed E-state index contributed by atoms with van der Waals surface area (Å²) >= 11 is 0. The summed E-state index contributed by atoms with van der Waals surface area (Å²) in [6, 6.07) is 2.87. The number of pyridine rings is 1. The van der Waals surface area contributed by atoms with Crippen LogP contribution >= 0.6 is 0 Å². The van der Waals surface area contributed by atoms with Gasteiger partial charge < -0.3 is 15.3 Å². The fourth-order valence-electron chi connectivity index (χ4n) is 1.14. The number of carbonyl (C=O) groups is 2. The number of anilines is 1. The van der Waals surface area contributed by atoms with E-state index in [4.69, 9.17) is 5.11 Å². The smallest absolute Gasteiger partial charge is 0.354 e. The summed E-state index contributed by atoms with van der Waals surface area (Å²) in [6.07, 6.45) is 1.71. The summed E-state index contributed by atoms with van der Waals surface area (Å²) in [7, 11) is 3.77. The number of carboxylic acids is 1. The van der Waals surface area contributed by atoms with Crippen LogP contribution in [-0.2, 0) is 4.79 Å². The Morgan fingerprint density at radius 2 is 2.12 bits per heavy atom. The number of nitrogens with zero attached hydrogens (tertiary/aromatic N) is 2. The summed E-state index contributed by atoms with van der Waals surface area (Å²) in [4.78, 5) is 27.6. The number of carboxylic acid groups (broad SMARTS) is 1. The van der Waals surface area contributed by atoms with Crippen molar-refractivity contribution in [3.8, 4) is 0 Å². The van der Waals surface area contributed by atoms with Crippen molar-refractivity contribution in [3.05, 3.63) is 24.0 Å². The van der Waals surface area contributed by atoms with Gasteiger partial charge in [0.05, 0.1) is 11.9 Å². The molecule has 0 fully saturated rings. The first-order chi connectivity index (χ1) is 7.99. The summed E-state index contributed by atoms with van der Waals surface area (Å²) in [6.45, 7) is 0.659. The van der Waals surface area contributed by atoms with Crippen LogP contribution in [-0.4, -0.2) is 47.5 Å². The Kier molecular flexibility index (Phi) is 4.59. The van der Waals surface area contributed by atoms with Gasteiger partial charge in [-0.25, -0.2) is 9.78 Å². The second-order valence-electron chi connectivity index (χ2n) is 3.84. The number of rotatable bonds is 5. The minimum atomic E-state index is -1.09. The van der Waals surface area contributed by atoms with E-state index in [1.54, 1.807) is 0 Å². The lowest BCUT2D eigenvalue weighted by Crippen LogP contribution is -2.20. The van der Waals surface area contributed by atoms with Crippen LogP contribution in [0.3, 0.4) is 0 Å². The lowest BCUT2D eigenvalue weighted by Gasteiger charge is -2.09. The van der Waals surface area contributed by atoms with E-state index < -0.39 is 5.97 Å². The third-order valence-corrected chi connectivity index (χ3v) is 2.05. The van der Waals surface area contributed by atoms with Gasteiger partial charge in [0.15, 0.2) is 0 Å². The second-order valence-corrected chi connectivity index (χ2v) is 3.84. The fraction of sp³-hybridized carbons (Fsp3) is 0.364. The van der Waals surface area contributed by atoms with Crippen LogP contribution in [0.15, 0.2) is 18.3 Å². The summed E-state index contributed by atoms with van der Waals surface area (Å²) in [5.41, 5.74) is 0.454. The lowest BCUT2D eigenvalue weighted by atomic mass is 10.3. The van der Waals surface area contributed by atoms with Gasteiger partial charge in [0, 0.05) is 13.0 Å². The molecule has 0 aliphatic heterocycles. The van der Waals surface area contributed by atoms with E-state index in [1.165, 1.54) is 18.3 Å². The zero-order chi connectivity index (χ0) is 12.8. The summed E-state index contributed by atoms with van der Waals surface area (Å²) in [5.74, 6) is -1.21. The van der Waals surface area contributed by atoms with Crippen LogP contribution in [0.4, 0.5) is 5.69 Å². The predicted octanol–water partition coefficient (Wildman–Crippen LogP) is 0.670. The minimum absolute atomic E-state index is 0.0451. The Morgan fingerprint density at radius 3 is 2.59 bits per heavy atom. The molecule has 1 aromatic rings. The molecule has 0 aliphatic rings. The van der Waals surface area contributed by atoms with Crippen molar-refractivity contribution >= 4 is 17.6 Å². The maximum absolute atomic E-state index is 11.5. The zero-order valence-electron chi connectivity index (χ0n) is 9.80. The van der Waals surface area contributed by atoms with Crippen LogP contribution in [0.1, 0.15) is 16.9 Å². The van der Waals surface area contributed by atoms with Crippen LogP contribution in [0, 0.1) is 0 Å². The standard InChI is InChI=1S/C11H15N3O3/c1-14(2)6-5-10(15)13-8-3-4-9(11(16)17)12-7-8/h3-4,7H,5-6H2,1-2H3,(H,13,15)(H,16,17). The highest BCUT2D eigenvalue weighted by Crippen LogP contribution is 2.06. The number of nitrogens with one attached hydrogen (secondary N) is 1. The van der Waals surface area contributed by atoms with Crippen molar-refractivity contribution in [2.45, 2.75) is 6.42 Å². The molecule has 0 aromatic carbocycles. The molecule has 2 N–H and O–H groups in total. The van der Waals surface area contributed by atoms with Gasteiger partial charge in [-0.3, -0.25) is 4.79 Å². The molecule has 17 heavy (non-hydrogen) atoms. The van der Waals surface area contributed by atoms with E-state index in [9.17, 15) is 9.59 Å². The molecule has 0 unspecified atom stereocenters. The molecule has 1 heterocycles. The molecule has 0 aliphatic carbocycles.